The van der Waals surface area contributed by atoms with Crippen LogP contribution in [-0.4, -0.2) is 19.5 Å². The van der Waals surface area contributed by atoms with Crippen molar-refractivity contribution in [1.29, 1.82) is 5.41 Å². The normalized spacial score (nSPS) is 10.4. The molecule has 0 atom stereocenters. The van der Waals surface area contributed by atoms with Gasteiger partial charge in [-0.3, -0.25) is 18.7 Å². The fourth-order valence-electron chi connectivity index (χ4n) is 2.97. The van der Waals surface area contributed by atoms with E-state index in [4.69, 9.17) is 5.41 Å². The van der Waals surface area contributed by atoms with Crippen LogP contribution in [0.15, 0.2) is 58.4 Å². The summed E-state index contributed by atoms with van der Waals surface area (Å²) in [5, 5.41) is 7.92. The number of hydrogen-bond donors (Lipinski definition) is 1. The molecule has 3 rings (SSSR count). The lowest BCUT2D eigenvalue weighted by molar-refractivity contribution is 0.103. The first-order valence-corrected chi connectivity index (χ1v) is 8.40. The van der Waals surface area contributed by atoms with Crippen molar-refractivity contribution >= 4 is 22.8 Å². The fourth-order valence-corrected chi connectivity index (χ4v) is 2.97. The van der Waals surface area contributed by atoms with Crippen LogP contribution in [0.25, 0.3) is 0 Å². The number of pyridine rings is 1. The van der Waals surface area contributed by atoms with Gasteiger partial charge in [-0.25, -0.2) is 4.79 Å². The van der Waals surface area contributed by atoms with Gasteiger partial charge in [0, 0.05) is 32.1 Å². The molecule has 146 valence electrons. The SMILES string of the molecule is Br.Cc1cccc(C(=O)c2c(Cn3ccc(=N)cc3)n(C)c(=O)n(C)c2=O)c1. The van der Waals surface area contributed by atoms with Crippen LogP contribution >= 0.6 is 17.0 Å². The average Bonchev–Trinajstić information content (AvgIpc) is 2.66. The first-order chi connectivity index (χ1) is 12.8. The van der Waals surface area contributed by atoms with Gasteiger partial charge < -0.3 is 9.98 Å². The second-order valence-electron chi connectivity index (χ2n) is 6.49. The summed E-state index contributed by atoms with van der Waals surface area (Å²) in [6.45, 7) is 2.03. The molecule has 8 heteroatoms. The largest absolute Gasteiger partial charge is 0.348 e. The first-order valence-electron chi connectivity index (χ1n) is 8.40. The molecule has 3 aromatic rings. The summed E-state index contributed by atoms with van der Waals surface area (Å²) in [7, 11) is 2.91. The Morgan fingerprint density at radius 1 is 1.04 bits per heavy atom. The number of hydrogen-bond acceptors (Lipinski definition) is 4. The number of aryl methyl sites for hydroxylation is 1. The third-order valence-electron chi connectivity index (χ3n) is 4.52. The van der Waals surface area contributed by atoms with E-state index in [1.807, 2.05) is 13.0 Å². The van der Waals surface area contributed by atoms with Crippen molar-refractivity contribution in [3.8, 4) is 0 Å². The van der Waals surface area contributed by atoms with Crippen LogP contribution in [0.2, 0.25) is 0 Å². The van der Waals surface area contributed by atoms with Crippen molar-refractivity contribution in [2.75, 3.05) is 0 Å². The Hall–Kier alpha value is -3.00. The molecule has 0 aliphatic rings. The summed E-state index contributed by atoms with van der Waals surface area (Å²) >= 11 is 0. The second-order valence-corrected chi connectivity index (χ2v) is 6.49. The zero-order chi connectivity index (χ0) is 19.7. The number of halogens is 1. The summed E-state index contributed by atoms with van der Waals surface area (Å²) in [5.74, 6) is -0.414. The van der Waals surface area contributed by atoms with Gasteiger partial charge in [-0.1, -0.05) is 23.8 Å². The molecule has 0 saturated carbocycles. The Morgan fingerprint density at radius 3 is 2.29 bits per heavy atom. The topological polar surface area (TPSA) is 89.8 Å². The van der Waals surface area contributed by atoms with Gasteiger partial charge in [0.05, 0.1) is 17.6 Å². The number of rotatable bonds is 4. The van der Waals surface area contributed by atoms with Crippen molar-refractivity contribution in [1.82, 2.24) is 13.7 Å². The quantitative estimate of drug-likeness (QED) is 0.618. The van der Waals surface area contributed by atoms with Crippen LogP contribution in [0.3, 0.4) is 0 Å². The summed E-state index contributed by atoms with van der Waals surface area (Å²) in [6.07, 6.45) is 3.34. The minimum atomic E-state index is -0.614. The molecule has 0 amide bonds. The van der Waals surface area contributed by atoms with Gasteiger partial charge in [-0.05, 0) is 25.1 Å². The highest BCUT2D eigenvalue weighted by molar-refractivity contribution is 8.93. The standard InChI is InChI=1S/C20H20N4O3.BrH/c1-13-5-4-6-14(11-13)18(25)17-16(12-24-9-7-15(21)8-10-24)22(2)20(27)23(3)19(17)26;/h4-11,21H,12H2,1-3H3;1H. The molecular formula is C20H21BrN4O3. The Morgan fingerprint density at radius 2 is 1.68 bits per heavy atom. The van der Waals surface area contributed by atoms with E-state index < -0.39 is 17.0 Å². The van der Waals surface area contributed by atoms with Gasteiger partial charge in [-0.2, -0.15) is 0 Å². The lowest BCUT2D eigenvalue weighted by atomic mass is 10.0. The summed E-state index contributed by atoms with van der Waals surface area (Å²) < 4.78 is 4.00. The van der Waals surface area contributed by atoms with Gasteiger partial charge in [0.25, 0.3) is 5.56 Å². The third-order valence-corrected chi connectivity index (χ3v) is 4.52. The molecule has 0 aliphatic heterocycles. The van der Waals surface area contributed by atoms with E-state index in [2.05, 4.69) is 0 Å². The minimum absolute atomic E-state index is 0. The Balaban J connectivity index is 0.00000280. The molecule has 0 radical (unpaired) electrons. The molecule has 7 nitrogen and oxygen atoms in total. The highest BCUT2D eigenvalue weighted by Crippen LogP contribution is 2.13. The molecule has 0 fully saturated rings. The minimum Gasteiger partial charge on any atom is -0.348 e. The lowest BCUT2D eigenvalue weighted by Gasteiger charge is -2.16. The van der Waals surface area contributed by atoms with E-state index in [9.17, 15) is 14.4 Å². The fraction of sp³-hybridized carbons (Fsp3) is 0.200. The van der Waals surface area contributed by atoms with Crippen molar-refractivity contribution in [2.24, 2.45) is 14.1 Å². The van der Waals surface area contributed by atoms with Gasteiger partial charge in [0.15, 0.2) is 5.78 Å². The number of aromatic nitrogens is 3. The molecule has 2 heterocycles. The van der Waals surface area contributed by atoms with Gasteiger partial charge in [0.1, 0.15) is 5.56 Å². The number of carbonyl (C=O) groups is 1. The number of carbonyl (C=O) groups excluding carboxylic acids is 1. The van der Waals surface area contributed by atoms with E-state index >= 15 is 0 Å². The van der Waals surface area contributed by atoms with E-state index in [1.165, 1.54) is 11.6 Å². The summed E-state index contributed by atoms with van der Waals surface area (Å²) in [6, 6.07) is 10.2. The predicted molar refractivity (Wildman–Crippen MR) is 111 cm³/mol. The second kappa shape index (κ2) is 8.35. The maximum Gasteiger partial charge on any atom is 0.330 e. The lowest BCUT2D eigenvalue weighted by Crippen LogP contribution is -2.43. The molecule has 0 unspecified atom stereocenters. The van der Waals surface area contributed by atoms with Crippen molar-refractivity contribution < 1.29 is 4.79 Å². The molecule has 0 saturated heterocycles. The third kappa shape index (κ3) is 3.96. The Kier molecular flexibility index (Phi) is 6.35. The molecule has 28 heavy (non-hydrogen) atoms. The van der Waals surface area contributed by atoms with Crippen LogP contribution in [-0.2, 0) is 20.6 Å². The van der Waals surface area contributed by atoms with Crippen LogP contribution in [0, 0.1) is 12.3 Å². The number of nitrogens with zero attached hydrogens (tertiary/aromatic N) is 3. The maximum atomic E-state index is 13.1. The number of nitrogens with one attached hydrogen (secondary N) is 1. The van der Waals surface area contributed by atoms with Crippen LogP contribution in [0.4, 0.5) is 0 Å². The molecule has 1 N–H and O–H groups in total. The maximum absolute atomic E-state index is 13.1. The van der Waals surface area contributed by atoms with Crippen LogP contribution < -0.4 is 16.6 Å². The number of benzene rings is 1. The van der Waals surface area contributed by atoms with Crippen molar-refractivity contribution in [2.45, 2.75) is 13.5 Å². The van der Waals surface area contributed by atoms with E-state index in [0.717, 1.165) is 10.1 Å². The zero-order valence-electron chi connectivity index (χ0n) is 15.8. The highest BCUT2D eigenvalue weighted by Gasteiger charge is 2.23. The van der Waals surface area contributed by atoms with Crippen LogP contribution in [0.1, 0.15) is 27.2 Å². The highest BCUT2D eigenvalue weighted by atomic mass is 79.9. The van der Waals surface area contributed by atoms with E-state index in [0.29, 0.717) is 16.6 Å². The molecule has 1 aromatic carbocycles. The van der Waals surface area contributed by atoms with Gasteiger partial charge in [-0.15, -0.1) is 17.0 Å². The summed E-state index contributed by atoms with van der Waals surface area (Å²) in [5.41, 5.74) is 0.513. The molecule has 0 spiro atoms. The molecule has 0 aliphatic carbocycles. The van der Waals surface area contributed by atoms with Gasteiger partial charge in [0.2, 0.25) is 0 Å². The molecular weight excluding hydrogens is 424 g/mol. The van der Waals surface area contributed by atoms with Crippen LogP contribution in [0.5, 0.6) is 0 Å². The molecule has 0 bridgehead atoms. The van der Waals surface area contributed by atoms with Crippen molar-refractivity contribution in [3.05, 3.63) is 97.4 Å². The Bertz CT molecular complexity index is 1200. The van der Waals surface area contributed by atoms with Crippen molar-refractivity contribution in [3.63, 3.8) is 0 Å². The summed E-state index contributed by atoms with van der Waals surface area (Å²) in [4.78, 5) is 38.3. The van der Waals surface area contributed by atoms with E-state index in [-0.39, 0.29) is 29.1 Å². The van der Waals surface area contributed by atoms with E-state index in [1.54, 1.807) is 54.3 Å². The number of ketones is 1. The average molecular weight is 445 g/mol. The smallest absolute Gasteiger partial charge is 0.330 e. The molecule has 2 aromatic heterocycles. The van der Waals surface area contributed by atoms with Gasteiger partial charge >= 0.3 is 5.69 Å². The Labute approximate surface area is 171 Å². The predicted octanol–water partition coefficient (Wildman–Crippen LogP) is 1.53. The monoisotopic (exact) mass is 444 g/mol. The first kappa shape index (κ1) is 21.3. The zero-order valence-corrected chi connectivity index (χ0v) is 17.5.